The molecule has 0 unspecified atom stereocenters. The Morgan fingerprint density at radius 1 is 1.28 bits per heavy atom. The van der Waals surface area contributed by atoms with Crippen molar-refractivity contribution in [1.82, 2.24) is 15.2 Å². The third-order valence-electron chi connectivity index (χ3n) is 2.38. The molecule has 0 amide bonds. The van der Waals surface area contributed by atoms with Crippen molar-refractivity contribution < 1.29 is 0 Å². The Kier molecular flexibility index (Phi) is 4.06. The summed E-state index contributed by atoms with van der Waals surface area (Å²) in [6, 6.07) is 8.11. The molecule has 0 radical (unpaired) electrons. The Labute approximate surface area is 107 Å². The van der Waals surface area contributed by atoms with Crippen LogP contribution in [0.5, 0.6) is 0 Å². The second-order valence-electron chi connectivity index (χ2n) is 4.09. The molecular formula is C13H17N5. The van der Waals surface area contributed by atoms with E-state index in [2.05, 4.69) is 51.8 Å². The molecule has 1 aromatic carbocycles. The fraction of sp³-hybridized carbons (Fsp3) is 0.308. The number of nitrogens with one attached hydrogen (secondary N) is 2. The molecule has 0 saturated heterocycles. The molecule has 0 bridgehead atoms. The minimum Gasteiger partial charge on any atom is -0.353 e. The third-order valence-corrected chi connectivity index (χ3v) is 2.38. The van der Waals surface area contributed by atoms with Gasteiger partial charge in [-0.25, -0.2) is 0 Å². The lowest BCUT2D eigenvalue weighted by atomic mass is 10.2. The number of anilines is 3. The number of hydrogen-bond acceptors (Lipinski definition) is 5. The second-order valence-corrected chi connectivity index (χ2v) is 4.09. The van der Waals surface area contributed by atoms with E-state index in [1.165, 1.54) is 5.56 Å². The predicted octanol–water partition coefficient (Wildman–Crippen LogP) is 2.75. The lowest BCUT2D eigenvalue weighted by Crippen LogP contribution is -2.06. The van der Waals surface area contributed by atoms with E-state index in [1.54, 1.807) is 6.20 Å². The summed E-state index contributed by atoms with van der Waals surface area (Å²) in [5, 5.41) is 14.2. The molecule has 1 aromatic heterocycles. The number of rotatable bonds is 5. The zero-order valence-electron chi connectivity index (χ0n) is 10.6. The second kappa shape index (κ2) is 5.95. The molecule has 94 valence electrons. The van der Waals surface area contributed by atoms with E-state index in [1.807, 2.05) is 12.1 Å². The quantitative estimate of drug-likeness (QED) is 0.845. The lowest BCUT2D eigenvalue weighted by molar-refractivity contribution is 0.913. The van der Waals surface area contributed by atoms with E-state index < -0.39 is 0 Å². The van der Waals surface area contributed by atoms with Gasteiger partial charge in [0, 0.05) is 12.2 Å². The van der Waals surface area contributed by atoms with Crippen LogP contribution < -0.4 is 10.6 Å². The van der Waals surface area contributed by atoms with Crippen LogP contribution in [0.4, 0.5) is 17.5 Å². The predicted molar refractivity (Wildman–Crippen MR) is 73.1 cm³/mol. The van der Waals surface area contributed by atoms with Gasteiger partial charge >= 0.3 is 0 Å². The molecule has 0 aliphatic rings. The van der Waals surface area contributed by atoms with E-state index in [9.17, 15) is 0 Å². The Bertz CT molecular complexity index is 512. The molecule has 18 heavy (non-hydrogen) atoms. The Balaban J connectivity index is 2.09. The van der Waals surface area contributed by atoms with Crippen LogP contribution in [0.25, 0.3) is 0 Å². The number of nitrogens with zero attached hydrogens (tertiary/aromatic N) is 3. The highest BCUT2D eigenvalue weighted by molar-refractivity contribution is 5.56. The van der Waals surface area contributed by atoms with Crippen molar-refractivity contribution in [2.45, 2.75) is 20.3 Å². The summed E-state index contributed by atoms with van der Waals surface area (Å²) >= 11 is 0. The average molecular weight is 243 g/mol. The van der Waals surface area contributed by atoms with Crippen molar-refractivity contribution in [3.8, 4) is 0 Å². The van der Waals surface area contributed by atoms with Gasteiger partial charge in [0.1, 0.15) is 0 Å². The zero-order valence-corrected chi connectivity index (χ0v) is 10.6. The smallest absolute Gasteiger partial charge is 0.244 e. The van der Waals surface area contributed by atoms with Crippen LogP contribution in [0.2, 0.25) is 0 Å². The maximum Gasteiger partial charge on any atom is 0.244 e. The molecule has 2 aromatic rings. The maximum absolute atomic E-state index is 4.34. The molecule has 2 N–H and O–H groups in total. The first kappa shape index (κ1) is 12.3. The van der Waals surface area contributed by atoms with Gasteiger partial charge in [-0.05, 0) is 31.0 Å². The topological polar surface area (TPSA) is 62.7 Å². The Hall–Kier alpha value is -2.17. The number of aryl methyl sites for hydroxylation is 1. The minimum atomic E-state index is 0.550. The number of aromatic nitrogens is 3. The zero-order chi connectivity index (χ0) is 12.8. The largest absolute Gasteiger partial charge is 0.353 e. The SMILES string of the molecule is CCCNc1nncc(Nc2cccc(C)c2)n1. The van der Waals surface area contributed by atoms with Gasteiger partial charge in [-0.2, -0.15) is 10.1 Å². The van der Waals surface area contributed by atoms with Gasteiger partial charge in [0.15, 0.2) is 5.82 Å². The van der Waals surface area contributed by atoms with Crippen LogP contribution in [-0.4, -0.2) is 21.7 Å². The molecule has 1 heterocycles. The summed E-state index contributed by atoms with van der Waals surface area (Å²) < 4.78 is 0. The van der Waals surface area contributed by atoms with Crippen LogP contribution in [0.1, 0.15) is 18.9 Å². The molecule has 0 saturated carbocycles. The highest BCUT2D eigenvalue weighted by Gasteiger charge is 2.00. The molecule has 2 rings (SSSR count). The van der Waals surface area contributed by atoms with Crippen LogP contribution in [0.15, 0.2) is 30.5 Å². The van der Waals surface area contributed by atoms with Gasteiger partial charge in [0.25, 0.3) is 0 Å². The van der Waals surface area contributed by atoms with Crippen LogP contribution in [-0.2, 0) is 0 Å². The van der Waals surface area contributed by atoms with Crippen LogP contribution in [0.3, 0.4) is 0 Å². The summed E-state index contributed by atoms with van der Waals surface area (Å²) in [5.41, 5.74) is 2.20. The fourth-order valence-corrected chi connectivity index (χ4v) is 1.55. The van der Waals surface area contributed by atoms with Crippen LogP contribution >= 0.6 is 0 Å². The lowest BCUT2D eigenvalue weighted by Gasteiger charge is -2.07. The molecule has 0 aliphatic carbocycles. The van der Waals surface area contributed by atoms with Crippen LogP contribution in [0, 0.1) is 6.92 Å². The third kappa shape index (κ3) is 3.41. The van der Waals surface area contributed by atoms with Crippen molar-refractivity contribution >= 4 is 17.5 Å². The molecule has 5 heteroatoms. The molecular weight excluding hydrogens is 226 g/mol. The van der Waals surface area contributed by atoms with Gasteiger partial charge in [-0.15, -0.1) is 5.10 Å². The van der Waals surface area contributed by atoms with Crippen molar-refractivity contribution in [2.75, 3.05) is 17.2 Å². The van der Waals surface area contributed by atoms with Gasteiger partial charge in [0.2, 0.25) is 5.95 Å². The van der Waals surface area contributed by atoms with Gasteiger partial charge < -0.3 is 10.6 Å². The molecule has 0 aliphatic heterocycles. The van der Waals surface area contributed by atoms with E-state index in [4.69, 9.17) is 0 Å². The Morgan fingerprint density at radius 2 is 2.17 bits per heavy atom. The summed E-state index contributed by atoms with van der Waals surface area (Å²) in [5.74, 6) is 1.24. The molecule has 0 fully saturated rings. The highest BCUT2D eigenvalue weighted by atomic mass is 15.3. The maximum atomic E-state index is 4.34. The highest BCUT2D eigenvalue weighted by Crippen LogP contribution is 2.15. The molecule has 0 atom stereocenters. The van der Waals surface area contributed by atoms with Gasteiger partial charge in [-0.3, -0.25) is 0 Å². The summed E-state index contributed by atoms with van der Waals surface area (Å²) in [6.07, 6.45) is 2.64. The summed E-state index contributed by atoms with van der Waals surface area (Å²) in [4.78, 5) is 4.34. The van der Waals surface area contributed by atoms with Crippen molar-refractivity contribution in [2.24, 2.45) is 0 Å². The summed E-state index contributed by atoms with van der Waals surface area (Å²) in [7, 11) is 0. The average Bonchev–Trinajstić information content (AvgIpc) is 2.37. The molecule has 5 nitrogen and oxygen atoms in total. The number of benzene rings is 1. The summed E-state index contributed by atoms with van der Waals surface area (Å²) in [6.45, 7) is 4.99. The van der Waals surface area contributed by atoms with Gasteiger partial charge in [0.05, 0.1) is 6.20 Å². The monoisotopic (exact) mass is 243 g/mol. The van der Waals surface area contributed by atoms with E-state index >= 15 is 0 Å². The minimum absolute atomic E-state index is 0.550. The fourth-order valence-electron chi connectivity index (χ4n) is 1.55. The first-order valence-corrected chi connectivity index (χ1v) is 6.05. The van der Waals surface area contributed by atoms with Crippen molar-refractivity contribution in [3.05, 3.63) is 36.0 Å². The van der Waals surface area contributed by atoms with Crippen molar-refractivity contribution in [1.29, 1.82) is 0 Å². The normalized spacial score (nSPS) is 10.1. The standard InChI is InChI=1S/C13H17N5/c1-3-7-14-13-17-12(9-15-18-13)16-11-6-4-5-10(2)8-11/h4-6,8-9H,3,7H2,1-2H3,(H2,14,16,17,18). The van der Waals surface area contributed by atoms with E-state index in [-0.39, 0.29) is 0 Å². The first-order chi connectivity index (χ1) is 8.78. The van der Waals surface area contributed by atoms with Gasteiger partial charge in [-0.1, -0.05) is 19.1 Å². The van der Waals surface area contributed by atoms with Crippen molar-refractivity contribution in [3.63, 3.8) is 0 Å². The first-order valence-electron chi connectivity index (χ1n) is 6.05. The molecule has 0 spiro atoms. The number of hydrogen-bond donors (Lipinski definition) is 2. The van der Waals surface area contributed by atoms with E-state index in [0.717, 1.165) is 18.7 Å². The van der Waals surface area contributed by atoms with E-state index in [0.29, 0.717) is 11.8 Å². The Morgan fingerprint density at radius 3 is 2.94 bits per heavy atom.